The third kappa shape index (κ3) is 4.45. The standard InChI is InChI=1S/C20H27N3O3S2/c1-20(2,3)17-13-27-19(21-17)22-18(24)14-9-11-16(12-10-14)28(25,26)23(4)15-7-5-6-8-15/h9-13,15H,5-8H2,1-4H3,(H,21,22,24). The van der Waals surface area contributed by atoms with Crippen LogP contribution in [-0.2, 0) is 15.4 Å². The van der Waals surface area contributed by atoms with Gasteiger partial charge in [-0.1, -0.05) is 33.6 Å². The maximum Gasteiger partial charge on any atom is 0.257 e. The van der Waals surface area contributed by atoms with Gasteiger partial charge in [-0.3, -0.25) is 10.1 Å². The number of hydrogen-bond donors (Lipinski definition) is 1. The minimum atomic E-state index is -3.55. The van der Waals surface area contributed by atoms with E-state index in [9.17, 15) is 13.2 Å². The molecule has 1 aromatic carbocycles. The molecule has 28 heavy (non-hydrogen) atoms. The number of thiazole rings is 1. The molecule has 6 nitrogen and oxygen atoms in total. The molecule has 2 aromatic rings. The Hall–Kier alpha value is -1.77. The van der Waals surface area contributed by atoms with Crippen molar-refractivity contribution in [2.24, 2.45) is 0 Å². The maximum atomic E-state index is 12.8. The van der Waals surface area contributed by atoms with E-state index in [1.807, 2.05) is 5.38 Å². The Bertz CT molecular complexity index is 938. The van der Waals surface area contributed by atoms with Crippen molar-refractivity contribution in [1.29, 1.82) is 0 Å². The molecule has 8 heteroatoms. The van der Waals surface area contributed by atoms with Gasteiger partial charge in [0.1, 0.15) is 0 Å². The molecule has 1 amide bonds. The SMILES string of the molecule is CN(C1CCCC1)S(=O)(=O)c1ccc(C(=O)Nc2nc(C(C)(C)C)cs2)cc1. The predicted octanol–water partition coefficient (Wildman–Crippen LogP) is 4.26. The van der Waals surface area contributed by atoms with Crippen LogP contribution < -0.4 is 5.32 Å². The lowest BCUT2D eigenvalue weighted by molar-refractivity contribution is 0.102. The number of carbonyl (C=O) groups excluding carboxylic acids is 1. The highest BCUT2D eigenvalue weighted by Crippen LogP contribution is 2.28. The fraction of sp³-hybridized carbons (Fsp3) is 0.500. The van der Waals surface area contributed by atoms with E-state index in [0.29, 0.717) is 10.7 Å². The molecule has 1 saturated carbocycles. The lowest BCUT2D eigenvalue weighted by Crippen LogP contribution is -2.35. The zero-order valence-corrected chi connectivity index (χ0v) is 18.4. The van der Waals surface area contributed by atoms with E-state index in [2.05, 4.69) is 31.1 Å². The number of nitrogens with zero attached hydrogens (tertiary/aromatic N) is 2. The van der Waals surface area contributed by atoms with E-state index in [0.717, 1.165) is 31.4 Å². The van der Waals surface area contributed by atoms with Crippen LogP contribution in [0.3, 0.4) is 0 Å². The van der Waals surface area contributed by atoms with E-state index in [-0.39, 0.29) is 22.3 Å². The van der Waals surface area contributed by atoms with Crippen molar-refractivity contribution in [3.05, 3.63) is 40.9 Å². The summed E-state index contributed by atoms with van der Waals surface area (Å²) in [6.45, 7) is 6.19. The molecule has 0 bridgehead atoms. The zero-order chi connectivity index (χ0) is 20.5. The summed E-state index contributed by atoms with van der Waals surface area (Å²) < 4.78 is 27.1. The fourth-order valence-corrected chi connectivity index (χ4v) is 5.60. The van der Waals surface area contributed by atoms with Crippen molar-refractivity contribution in [1.82, 2.24) is 9.29 Å². The fourth-order valence-electron chi connectivity index (χ4n) is 3.25. The Balaban J connectivity index is 1.71. The Morgan fingerprint density at radius 1 is 1.18 bits per heavy atom. The molecule has 0 saturated heterocycles. The van der Waals surface area contributed by atoms with E-state index < -0.39 is 10.0 Å². The Labute approximate surface area is 171 Å². The van der Waals surface area contributed by atoms with Crippen LogP contribution in [-0.4, -0.2) is 36.7 Å². The van der Waals surface area contributed by atoms with Gasteiger partial charge < -0.3 is 0 Å². The predicted molar refractivity (Wildman–Crippen MR) is 112 cm³/mol. The van der Waals surface area contributed by atoms with Crippen molar-refractivity contribution >= 4 is 32.4 Å². The van der Waals surface area contributed by atoms with Crippen LogP contribution in [0.1, 0.15) is 62.5 Å². The molecule has 1 aliphatic rings. The lowest BCUT2D eigenvalue weighted by atomic mass is 9.93. The number of hydrogen-bond acceptors (Lipinski definition) is 5. The number of benzene rings is 1. The first-order valence-electron chi connectivity index (χ1n) is 9.44. The maximum absolute atomic E-state index is 12.8. The summed E-state index contributed by atoms with van der Waals surface area (Å²) in [5.41, 5.74) is 1.24. The number of amides is 1. The van der Waals surface area contributed by atoms with Gasteiger partial charge in [-0.25, -0.2) is 13.4 Å². The molecule has 0 unspecified atom stereocenters. The number of sulfonamides is 1. The second kappa shape index (κ2) is 7.93. The molecular formula is C20H27N3O3S2. The summed E-state index contributed by atoms with van der Waals surface area (Å²) in [6, 6.07) is 6.15. The van der Waals surface area contributed by atoms with Crippen LogP contribution in [0.2, 0.25) is 0 Å². The van der Waals surface area contributed by atoms with Crippen LogP contribution in [0, 0.1) is 0 Å². The first-order valence-corrected chi connectivity index (χ1v) is 11.8. The summed E-state index contributed by atoms with van der Waals surface area (Å²) >= 11 is 1.38. The third-order valence-electron chi connectivity index (χ3n) is 5.13. The average molecular weight is 422 g/mol. The van der Waals surface area contributed by atoms with Gasteiger partial charge in [0.2, 0.25) is 10.0 Å². The van der Waals surface area contributed by atoms with Crippen molar-refractivity contribution in [3.63, 3.8) is 0 Å². The molecule has 0 radical (unpaired) electrons. The van der Waals surface area contributed by atoms with E-state index >= 15 is 0 Å². The minimum Gasteiger partial charge on any atom is -0.298 e. The van der Waals surface area contributed by atoms with Crippen LogP contribution >= 0.6 is 11.3 Å². The molecule has 0 atom stereocenters. The number of nitrogens with one attached hydrogen (secondary N) is 1. The van der Waals surface area contributed by atoms with Crippen LogP contribution in [0.25, 0.3) is 0 Å². The number of rotatable bonds is 5. The highest BCUT2D eigenvalue weighted by Gasteiger charge is 2.30. The van der Waals surface area contributed by atoms with Gasteiger partial charge in [0.25, 0.3) is 5.91 Å². The first kappa shape index (κ1) is 21.0. The van der Waals surface area contributed by atoms with E-state index in [4.69, 9.17) is 0 Å². The zero-order valence-electron chi connectivity index (χ0n) is 16.7. The van der Waals surface area contributed by atoms with Gasteiger partial charge in [0.15, 0.2) is 5.13 Å². The second-order valence-electron chi connectivity index (χ2n) is 8.23. The van der Waals surface area contributed by atoms with Crippen molar-refractivity contribution in [2.45, 2.75) is 62.8 Å². The summed E-state index contributed by atoms with van der Waals surface area (Å²) in [4.78, 5) is 17.1. The lowest BCUT2D eigenvalue weighted by Gasteiger charge is -2.23. The second-order valence-corrected chi connectivity index (χ2v) is 11.1. The largest absolute Gasteiger partial charge is 0.298 e. The third-order valence-corrected chi connectivity index (χ3v) is 7.81. The normalized spacial score (nSPS) is 15.9. The van der Waals surface area contributed by atoms with Gasteiger partial charge in [0, 0.05) is 29.4 Å². The average Bonchev–Trinajstić information content (AvgIpc) is 3.32. The van der Waals surface area contributed by atoms with Gasteiger partial charge in [-0.15, -0.1) is 11.3 Å². The van der Waals surface area contributed by atoms with Crippen molar-refractivity contribution in [3.8, 4) is 0 Å². The van der Waals surface area contributed by atoms with E-state index in [1.54, 1.807) is 19.2 Å². The molecule has 1 heterocycles. The molecule has 152 valence electrons. The number of aromatic nitrogens is 1. The Kier molecular flexibility index (Phi) is 5.93. The highest BCUT2D eigenvalue weighted by molar-refractivity contribution is 7.89. The molecule has 1 aliphatic carbocycles. The molecule has 1 N–H and O–H groups in total. The quantitative estimate of drug-likeness (QED) is 0.782. The summed E-state index contributed by atoms with van der Waals surface area (Å²) in [6.07, 6.45) is 3.94. The topological polar surface area (TPSA) is 79.4 Å². The molecule has 1 fully saturated rings. The first-order chi connectivity index (χ1) is 13.1. The van der Waals surface area contributed by atoms with Crippen LogP contribution in [0.15, 0.2) is 34.5 Å². The van der Waals surface area contributed by atoms with Gasteiger partial charge >= 0.3 is 0 Å². The molecule has 0 aliphatic heterocycles. The van der Waals surface area contributed by atoms with Crippen LogP contribution in [0.5, 0.6) is 0 Å². The van der Waals surface area contributed by atoms with Gasteiger partial charge in [0.05, 0.1) is 10.6 Å². The summed E-state index contributed by atoms with van der Waals surface area (Å²) in [5, 5.41) is 5.25. The Morgan fingerprint density at radius 2 is 1.79 bits per heavy atom. The van der Waals surface area contributed by atoms with Crippen molar-refractivity contribution < 1.29 is 13.2 Å². The monoisotopic (exact) mass is 421 g/mol. The van der Waals surface area contributed by atoms with E-state index in [1.165, 1.54) is 27.8 Å². The molecule has 0 spiro atoms. The van der Waals surface area contributed by atoms with Crippen molar-refractivity contribution in [2.75, 3.05) is 12.4 Å². The Morgan fingerprint density at radius 3 is 2.32 bits per heavy atom. The molecule has 3 rings (SSSR count). The number of anilines is 1. The highest BCUT2D eigenvalue weighted by atomic mass is 32.2. The number of carbonyl (C=O) groups is 1. The smallest absolute Gasteiger partial charge is 0.257 e. The van der Waals surface area contributed by atoms with Gasteiger partial charge in [-0.2, -0.15) is 4.31 Å². The molecule has 1 aromatic heterocycles. The molecular weight excluding hydrogens is 394 g/mol. The summed E-state index contributed by atoms with van der Waals surface area (Å²) in [7, 11) is -1.91. The van der Waals surface area contributed by atoms with Crippen LogP contribution in [0.4, 0.5) is 5.13 Å². The summed E-state index contributed by atoms with van der Waals surface area (Å²) in [5.74, 6) is -0.303. The minimum absolute atomic E-state index is 0.0647. The van der Waals surface area contributed by atoms with Gasteiger partial charge in [-0.05, 0) is 37.1 Å².